The topological polar surface area (TPSA) is 81.4 Å². The zero-order valence-electron chi connectivity index (χ0n) is 19.2. The number of aryl methyl sites for hydroxylation is 2. The van der Waals surface area contributed by atoms with Crippen LogP contribution in [0.15, 0.2) is 83.1 Å². The lowest BCUT2D eigenvalue weighted by atomic mass is 10.1. The van der Waals surface area contributed by atoms with Crippen molar-refractivity contribution in [2.75, 3.05) is 12.9 Å². The average Bonchev–Trinajstić information content (AvgIpc) is 3.28. The van der Waals surface area contributed by atoms with Crippen molar-refractivity contribution in [2.45, 2.75) is 19.0 Å². The molecule has 4 aromatic rings. The molecule has 0 atom stereocenters. The third-order valence-corrected chi connectivity index (χ3v) is 6.02. The summed E-state index contributed by atoms with van der Waals surface area (Å²) in [6.45, 7) is 4.06. The number of hydrogen-bond acceptors (Lipinski definition) is 6. The first-order chi connectivity index (χ1) is 16.5. The summed E-state index contributed by atoms with van der Waals surface area (Å²) in [4.78, 5) is 12.4. The largest absolute Gasteiger partial charge is 0.497 e. The van der Waals surface area contributed by atoms with Gasteiger partial charge in [-0.2, -0.15) is 5.10 Å². The number of ether oxygens (including phenoxy) is 1. The molecule has 0 saturated carbocycles. The van der Waals surface area contributed by atoms with Gasteiger partial charge >= 0.3 is 0 Å². The van der Waals surface area contributed by atoms with Crippen LogP contribution in [-0.4, -0.2) is 39.7 Å². The van der Waals surface area contributed by atoms with Gasteiger partial charge in [0.05, 0.1) is 19.1 Å². The molecule has 4 rings (SSSR count). The van der Waals surface area contributed by atoms with Gasteiger partial charge in [0.1, 0.15) is 5.75 Å². The van der Waals surface area contributed by atoms with Crippen LogP contribution in [0, 0.1) is 13.8 Å². The van der Waals surface area contributed by atoms with Crippen LogP contribution in [-0.2, 0) is 4.79 Å². The van der Waals surface area contributed by atoms with E-state index >= 15 is 0 Å². The van der Waals surface area contributed by atoms with Crippen molar-refractivity contribution in [3.05, 3.63) is 89.5 Å². The molecular formula is C26H25N5O2S. The molecule has 0 unspecified atom stereocenters. The minimum atomic E-state index is -0.227. The van der Waals surface area contributed by atoms with Gasteiger partial charge in [-0.3, -0.25) is 9.36 Å². The van der Waals surface area contributed by atoms with Gasteiger partial charge in [0.2, 0.25) is 0 Å². The number of amides is 1. The zero-order chi connectivity index (χ0) is 23.9. The van der Waals surface area contributed by atoms with E-state index in [9.17, 15) is 4.79 Å². The van der Waals surface area contributed by atoms with Crippen molar-refractivity contribution >= 4 is 23.9 Å². The normalized spacial score (nSPS) is 11.0. The fourth-order valence-electron chi connectivity index (χ4n) is 3.21. The Hall–Kier alpha value is -3.91. The van der Waals surface area contributed by atoms with E-state index in [1.54, 1.807) is 13.3 Å². The molecule has 1 amide bonds. The Bertz CT molecular complexity index is 1280. The molecule has 0 fully saturated rings. The fourth-order valence-corrected chi connectivity index (χ4v) is 3.96. The molecule has 0 aliphatic heterocycles. The van der Waals surface area contributed by atoms with E-state index in [4.69, 9.17) is 4.74 Å². The third kappa shape index (κ3) is 5.71. The van der Waals surface area contributed by atoms with Gasteiger partial charge in [-0.1, -0.05) is 71.4 Å². The van der Waals surface area contributed by atoms with Gasteiger partial charge in [-0.05, 0) is 43.7 Å². The number of nitrogens with zero attached hydrogens (tertiary/aromatic N) is 4. The minimum absolute atomic E-state index is 0.146. The molecule has 1 aromatic heterocycles. The van der Waals surface area contributed by atoms with Crippen molar-refractivity contribution in [2.24, 2.45) is 5.10 Å². The van der Waals surface area contributed by atoms with Crippen LogP contribution < -0.4 is 10.2 Å². The average molecular weight is 472 g/mol. The Balaban J connectivity index is 1.52. The van der Waals surface area contributed by atoms with E-state index in [1.165, 1.54) is 17.3 Å². The fraction of sp³-hybridized carbons (Fsp3) is 0.154. The van der Waals surface area contributed by atoms with Crippen molar-refractivity contribution in [3.8, 4) is 22.8 Å². The standard InChI is InChI=1S/C26H25N5O2S/c1-18-4-8-20(9-5-18)16-27-28-24(32)17-34-26-30-29-25(21-10-6-19(2)7-11-21)31(26)22-12-14-23(33-3)15-13-22/h4-16H,17H2,1-3H3,(H,28,32)/b27-16-. The molecule has 172 valence electrons. The number of hydrazone groups is 1. The first kappa shape index (κ1) is 23.3. The van der Waals surface area contributed by atoms with Gasteiger partial charge in [0.25, 0.3) is 5.91 Å². The Morgan fingerprint density at radius 2 is 1.62 bits per heavy atom. The Morgan fingerprint density at radius 1 is 0.971 bits per heavy atom. The summed E-state index contributed by atoms with van der Waals surface area (Å²) in [5.41, 5.74) is 7.64. The second-order valence-electron chi connectivity index (χ2n) is 7.70. The number of thioether (sulfide) groups is 1. The molecule has 1 heterocycles. The van der Waals surface area contributed by atoms with E-state index in [0.717, 1.165) is 28.1 Å². The second-order valence-corrected chi connectivity index (χ2v) is 8.64. The number of carbonyl (C=O) groups excluding carboxylic acids is 1. The van der Waals surface area contributed by atoms with E-state index in [2.05, 4.69) is 20.7 Å². The highest BCUT2D eigenvalue weighted by molar-refractivity contribution is 7.99. The van der Waals surface area contributed by atoms with Crippen LogP contribution in [0.4, 0.5) is 0 Å². The molecule has 0 aliphatic rings. The van der Waals surface area contributed by atoms with Gasteiger partial charge < -0.3 is 4.74 Å². The first-order valence-corrected chi connectivity index (χ1v) is 11.7. The summed E-state index contributed by atoms with van der Waals surface area (Å²) in [5, 5.41) is 13.4. The van der Waals surface area contributed by atoms with Gasteiger partial charge in [0, 0.05) is 11.3 Å². The molecule has 0 spiro atoms. The predicted octanol–water partition coefficient (Wildman–Crippen LogP) is 4.80. The van der Waals surface area contributed by atoms with Crippen LogP contribution >= 0.6 is 11.8 Å². The lowest BCUT2D eigenvalue weighted by Crippen LogP contribution is -2.20. The number of methoxy groups -OCH3 is 1. The molecular weight excluding hydrogens is 446 g/mol. The summed E-state index contributed by atoms with van der Waals surface area (Å²) in [6.07, 6.45) is 1.62. The van der Waals surface area contributed by atoms with Crippen LogP contribution in [0.2, 0.25) is 0 Å². The number of benzene rings is 3. The molecule has 34 heavy (non-hydrogen) atoms. The van der Waals surface area contributed by atoms with Crippen LogP contribution in [0.3, 0.4) is 0 Å². The van der Waals surface area contributed by atoms with Crippen molar-refractivity contribution in [1.82, 2.24) is 20.2 Å². The lowest BCUT2D eigenvalue weighted by molar-refractivity contribution is -0.118. The maximum Gasteiger partial charge on any atom is 0.250 e. The van der Waals surface area contributed by atoms with Crippen molar-refractivity contribution < 1.29 is 9.53 Å². The minimum Gasteiger partial charge on any atom is -0.497 e. The number of nitrogens with one attached hydrogen (secondary N) is 1. The third-order valence-electron chi connectivity index (χ3n) is 5.09. The Labute approximate surface area is 202 Å². The predicted molar refractivity (Wildman–Crippen MR) is 136 cm³/mol. The van der Waals surface area contributed by atoms with Crippen LogP contribution in [0.5, 0.6) is 5.75 Å². The summed E-state index contributed by atoms with van der Waals surface area (Å²) in [6, 6.07) is 23.6. The van der Waals surface area contributed by atoms with Gasteiger partial charge in [-0.15, -0.1) is 10.2 Å². The van der Waals surface area contributed by atoms with Crippen LogP contribution in [0.1, 0.15) is 16.7 Å². The van der Waals surface area contributed by atoms with E-state index in [-0.39, 0.29) is 11.7 Å². The summed E-state index contributed by atoms with van der Waals surface area (Å²) >= 11 is 1.30. The van der Waals surface area contributed by atoms with Gasteiger partial charge in [-0.25, -0.2) is 5.43 Å². The van der Waals surface area contributed by atoms with E-state index in [0.29, 0.717) is 11.0 Å². The number of carbonyl (C=O) groups is 1. The van der Waals surface area contributed by atoms with E-state index in [1.807, 2.05) is 91.2 Å². The SMILES string of the molecule is COc1ccc(-n2c(SCC(=O)N/N=C\c3ccc(C)cc3)nnc2-c2ccc(C)cc2)cc1. The molecule has 0 saturated heterocycles. The monoisotopic (exact) mass is 471 g/mol. The molecule has 0 radical (unpaired) electrons. The summed E-state index contributed by atoms with van der Waals surface area (Å²) < 4.78 is 7.23. The summed E-state index contributed by atoms with van der Waals surface area (Å²) in [5.74, 6) is 1.38. The lowest BCUT2D eigenvalue weighted by Gasteiger charge is -2.11. The molecule has 3 aromatic carbocycles. The van der Waals surface area contributed by atoms with Crippen LogP contribution in [0.25, 0.3) is 17.1 Å². The first-order valence-electron chi connectivity index (χ1n) is 10.7. The molecule has 7 nitrogen and oxygen atoms in total. The maximum atomic E-state index is 12.4. The quantitative estimate of drug-likeness (QED) is 0.227. The Morgan fingerprint density at radius 3 is 2.26 bits per heavy atom. The van der Waals surface area contributed by atoms with Crippen molar-refractivity contribution in [3.63, 3.8) is 0 Å². The molecule has 1 N–H and O–H groups in total. The second kappa shape index (κ2) is 10.8. The maximum absolute atomic E-state index is 12.4. The highest BCUT2D eigenvalue weighted by atomic mass is 32.2. The molecule has 0 aliphatic carbocycles. The molecule has 8 heteroatoms. The van der Waals surface area contributed by atoms with E-state index < -0.39 is 0 Å². The zero-order valence-corrected chi connectivity index (χ0v) is 20.0. The highest BCUT2D eigenvalue weighted by Gasteiger charge is 2.17. The summed E-state index contributed by atoms with van der Waals surface area (Å²) in [7, 11) is 1.63. The van der Waals surface area contributed by atoms with Gasteiger partial charge in [0.15, 0.2) is 11.0 Å². The smallest absolute Gasteiger partial charge is 0.250 e. The number of aromatic nitrogens is 3. The Kier molecular flexibility index (Phi) is 7.39. The van der Waals surface area contributed by atoms with Crippen molar-refractivity contribution in [1.29, 1.82) is 0 Å². The molecule has 0 bridgehead atoms. The highest BCUT2D eigenvalue weighted by Crippen LogP contribution is 2.29. The number of hydrogen-bond donors (Lipinski definition) is 1. The number of rotatable bonds is 8.